The Hall–Kier alpha value is -2.25. The minimum Gasteiger partial charge on any atom is -0.462 e. The number of carbonyl (C=O) groups excluding carboxylic acids is 2. The van der Waals surface area contributed by atoms with Crippen LogP contribution in [0.4, 0.5) is 0 Å². The van der Waals surface area contributed by atoms with Crippen LogP contribution < -0.4 is 0 Å². The van der Waals surface area contributed by atoms with Crippen molar-refractivity contribution in [1.82, 2.24) is 0 Å². The second-order valence-corrected chi connectivity index (χ2v) is 15.9. The summed E-state index contributed by atoms with van der Waals surface area (Å²) in [6.07, 6.45) is 52.3. The number of phosphoric acid groups is 1. The first kappa shape index (κ1) is 52.8. The third-order valence-corrected chi connectivity index (χ3v) is 9.79. The van der Waals surface area contributed by atoms with E-state index in [0.717, 1.165) is 70.6 Å². The monoisotopic (exact) mass is 793 g/mol. The van der Waals surface area contributed by atoms with Crippen LogP contribution in [-0.4, -0.2) is 41.0 Å². The largest absolute Gasteiger partial charge is 0.469 e. The molecule has 9 heteroatoms. The van der Waals surface area contributed by atoms with E-state index in [9.17, 15) is 14.2 Å². The molecule has 0 saturated carbocycles. The van der Waals surface area contributed by atoms with Gasteiger partial charge in [-0.3, -0.25) is 14.1 Å². The van der Waals surface area contributed by atoms with Crippen LogP contribution >= 0.6 is 7.82 Å². The van der Waals surface area contributed by atoms with Crippen molar-refractivity contribution in [2.75, 3.05) is 13.2 Å². The molecule has 0 fully saturated rings. The molecule has 0 saturated heterocycles. The summed E-state index contributed by atoms with van der Waals surface area (Å²) in [6, 6.07) is 0. The Balaban J connectivity index is 3.95. The van der Waals surface area contributed by atoms with Gasteiger partial charge in [-0.25, -0.2) is 4.57 Å². The van der Waals surface area contributed by atoms with E-state index >= 15 is 0 Å². The highest BCUT2D eigenvalue weighted by Crippen LogP contribution is 2.36. The average Bonchev–Trinajstić information content (AvgIpc) is 3.16. The SMILES string of the molecule is CC/C=C\C/C=C\C/C=C\C/C=C\C/C=C\CCCCCC(=O)OC(COC(=O)CCCCCCCCCCCCCCCCCCCC)COP(=O)(O)O. The Labute approximate surface area is 337 Å². The summed E-state index contributed by atoms with van der Waals surface area (Å²) in [5, 5.41) is 0. The van der Waals surface area contributed by atoms with E-state index in [0.29, 0.717) is 6.42 Å². The first-order valence-corrected chi connectivity index (χ1v) is 23.6. The molecule has 1 atom stereocenters. The van der Waals surface area contributed by atoms with E-state index in [1.807, 2.05) is 0 Å². The zero-order valence-electron chi connectivity index (χ0n) is 35.1. The maximum atomic E-state index is 12.4. The molecule has 0 amide bonds. The van der Waals surface area contributed by atoms with Crippen LogP contribution in [0.25, 0.3) is 0 Å². The number of allylic oxidation sites excluding steroid dienone is 10. The number of phosphoric ester groups is 1. The van der Waals surface area contributed by atoms with Gasteiger partial charge in [0.15, 0.2) is 6.10 Å². The minimum absolute atomic E-state index is 0.172. The Morgan fingerprint density at radius 3 is 1.31 bits per heavy atom. The van der Waals surface area contributed by atoms with E-state index in [1.165, 1.54) is 96.3 Å². The van der Waals surface area contributed by atoms with Crippen LogP contribution in [0.1, 0.15) is 200 Å². The maximum Gasteiger partial charge on any atom is 0.469 e. The predicted molar refractivity (Wildman–Crippen MR) is 230 cm³/mol. The standard InChI is InChI=1S/C46H81O8P/c1-3-5-7-9-11-13-15-17-19-21-23-25-27-29-31-33-35-37-39-41-46(48)54-44(43-53-55(49,50)51)42-52-45(47)40-38-36-34-32-30-28-26-24-22-20-18-16-14-12-10-8-6-4-2/h5,7,11,13,17,19,23,25,29,31,44H,3-4,6,8-10,12,14-16,18,20-22,24,26-28,30,32-43H2,1-2H3,(H2,49,50,51)/b7-5-,13-11-,19-17-,25-23-,31-29-. The van der Waals surface area contributed by atoms with Gasteiger partial charge < -0.3 is 19.3 Å². The van der Waals surface area contributed by atoms with Crippen molar-refractivity contribution in [2.24, 2.45) is 0 Å². The van der Waals surface area contributed by atoms with Gasteiger partial charge in [-0.15, -0.1) is 0 Å². The topological polar surface area (TPSA) is 119 Å². The summed E-state index contributed by atoms with van der Waals surface area (Å²) in [7, 11) is -4.77. The van der Waals surface area contributed by atoms with Gasteiger partial charge in [0.25, 0.3) is 0 Å². The lowest BCUT2D eigenvalue weighted by Crippen LogP contribution is -2.29. The Morgan fingerprint density at radius 1 is 0.491 bits per heavy atom. The maximum absolute atomic E-state index is 12.4. The smallest absolute Gasteiger partial charge is 0.462 e. The van der Waals surface area contributed by atoms with E-state index < -0.39 is 32.5 Å². The van der Waals surface area contributed by atoms with Crippen LogP contribution in [0.3, 0.4) is 0 Å². The molecule has 8 nitrogen and oxygen atoms in total. The van der Waals surface area contributed by atoms with Gasteiger partial charge in [0.05, 0.1) is 6.61 Å². The molecule has 0 aromatic carbocycles. The second kappa shape index (κ2) is 41.4. The lowest BCUT2D eigenvalue weighted by molar-refractivity contribution is -0.161. The van der Waals surface area contributed by atoms with Gasteiger partial charge in [-0.05, 0) is 57.8 Å². The number of ether oxygens (including phenoxy) is 2. The molecule has 0 aliphatic carbocycles. The van der Waals surface area contributed by atoms with E-state index in [-0.39, 0.29) is 19.4 Å². The highest BCUT2D eigenvalue weighted by Gasteiger charge is 2.22. The zero-order valence-corrected chi connectivity index (χ0v) is 36.0. The number of hydrogen-bond acceptors (Lipinski definition) is 6. The fraction of sp³-hybridized carbons (Fsp3) is 0.739. The van der Waals surface area contributed by atoms with Gasteiger partial charge in [0.2, 0.25) is 0 Å². The van der Waals surface area contributed by atoms with Crippen LogP contribution in [0, 0.1) is 0 Å². The molecule has 0 radical (unpaired) electrons. The number of rotatable bonds is 40. The van der Waals surface area contributed by atoms with Crippen LogP contribution in [0.5, 0.6) is 0 Å². The minimum atomic E-state index is -4.77. The van der Waals surface area contributed by atoms with Gasteiger partial charge in [0.1, 0.15) is 6.61 Å². The summed E-state index contributed by atoms with van der Waals surface area (Å²) >= 11 is 0. The highest BCUT2D eigenvalue weighted by atomic mass is 31.2. The molecular formula is C46H81O8P. The normalized spacial score (nSPS) is 13.0. The molecule has 0 heterocycles. The zero-order chi connectivity index (χ0) is 40.3. The molecule has 2 N–H and O–H groups in total. The van der Waals surface area contributed by atoms with Gasteiger partial charge >= 0.3 is 19.8 Å². The lowest BCUT2D eigenvalue weighted by Gasteiger charge is -2.18. The van der Waals surface area contributed by atoms with Crippen molar-refractivity contribution in [2.45, 2.75) is 206 Å². The quantitative estimate of drug-likeness (QED) is 0.0272. The summed E-state index contributed by atoms with van der Waals surface area (Å²) < 4.78 is 26.4. The molecule has 0 aliphatic rings. The molecule has 0 aromatic rings. The number of esters is 2. The fourth-order valence-corrected chi connectivity index (χ4v) is 6.41. The molecule has 0 spiro atoms. The molecule has 318 valence electrons. The molecule has 0 bridgehead atoms. The molecule has 0 aliphatic heterocycles. The third-order valence-electron chi connectivity index (χ3n) is 9.30. The van der Waals surface area contributed by atoms with Crippen LogP contribution in [0.2, 0.25) is 0 Å². The Bertz CT molecular complexity index is 1070. The number of unbranched alkanes of at least 4 members (excludes halogenated alkanes) is 20. The summed E-state index contributed by atoms with van der Waals surface area (Å²) in [6.45, 7) is 3.56. The first-order chi connectivity index (χ1) is 26.8. The first-order valence-electron chi connectivity index (χ1n) is 22.1. The summed E-state index contributed by atoms with van der Waals surface area (Å²) in [4.78, 5) is 42.9. The summed E-state index contributed by atoms with van der Waals surface area (Å²) in [5.74, 6) is -0.919. The molecule has 55 heavy (non-hydrogen) atoms. The average molecular weight is 793 g/mol. The van der Waals surface area contributed by atoms with Gasteiger partial charge in [-0.1, -0.05) is 190 Å². The Kier molecular flexibility index (Phi) is 39.7. The predicted octanol–water partition coefficient (Wildman–Crippen LogP) is 13.7. The second-order valence-electron chi connectivity index (χ2n) is 14.6. The van der Waals surface area contributed by atoms with Crippen molar-refractivity contribution < 1.29 is 37.9 Å². The van der Waals surface area contributed by atoms with Crippen molar-refractivity contribution in [3.8, 4) is 0 Å². The Morgan fingerprint density at radius 2 is 0.873 bits per heavy atom. The van der Waals surface area contributed by atoms with E-state index in [1.54, 1.807) is 0 Å². The fourth-order valence-electron chi connectivity index (χ4n) is 6.05. The van der Waals surface area contributed by atoms with Crippen molar-refractivity contribution in [3.05, 3.63) is 60.8 Å². The molecular weight excluding hydrogens is 711 g/mol. The van der Waals surface area contributed by atoms with Crippen LogP contribution in [0.15, 0.2) is 60.8 Å². The summed E-state index contributed by atoms with van der Waals surface area (Å²) in [5.41, 5.74) is 0. The lowest BCUT2D eigenvalue weighted by atomic mass is 10.0. The highest BCUT2D eigenvalue weighted by molar-refractivity contribution is 7.46. The molecule has 0 aromatic heterocycles. The van der Waals surface area contributed by atoms with Crippen LogP contribution in [-0.2, 0) is 28.2 Å². The van der Waals surface area contributed by atoms with Crippen molar-refractivity contribution >= 4 is 19.8 Å². The van der Waals surface area contributed by atoms with Gasteiger partial charge in [0, 0.05) is 12.8 Å². The van der Waals surface area contributed by atoms with E-state index in [4.69, 9.17) is 19.3 Å². The van der Waals surface area contributed by atoms with E-state index in [2.05, 4.69) is 79.1 Å². The number of hydrogen-bond donors (Lipinski definition) is 2. The molecule has 1 unspecified atom stereocenters. The van der Waals surface area contributed by atoms with Crippen molar-refractivity contribution in [1.29, 1.82) is 0 Å². The molecule has 0 rings (SSSR count). The van der Waals surface area contributed by atoms with Crippen molar-refractivity contribution in [3.63, 3.8) is 0 Å². The third kappa shape index (κ3) is 44.3. The number of carbonyl (C=O) groups is 2. The van der Waals surface area contributed by atoms with Gasteiger partial charge in [-0.2, -0.15) is 0 Å².